The Morgan fingerprint density at radius 3 is 2.00 bits per heavy atom. The third-order valence-electron chi connectivity index (χ3n) is 6.83. The van der Waals surface area contributed by atoms with E-state index in [2.05, 4.69) is 33.9 Å². The van der Waals surface area contributed by atoms with Crippen LogP contribution in [-0.4, -0.2) is 19.9 Å². The van der Waals surface area contributed by atoms with Gasteiger partial charge in [-0.05, 0) is 43.3 Å². The average molecular weight is 519 g/mol. The van der Waals surface area contributed by atoms with E-state index in [9.17, 15) is 4.79 Å². The van der Waals surface area contributed by atoms with Gasteiger partial charge in [-0.1, -0.05) is 85.2 Å². The summed E-state index contributed by atoms with van der Waals surface area (Å²) < 4.78 is 12.5. The van der Waals surface area contributed by atoms with E-state index in [4.69, 9.17) is 67.2 Å². The number of rotatable bonds is 4. The van der Waals surface area contributed by atoms with E-state index < -0.39 is 19.9 Å². The van der Waals surface area contributed by atoms with Crippen LogP contribution in [0, 0.1) is 11.8 Å². The van der Waals surface area contributed by atoms with Crippen molar-refractivity contribution in [1.82, 2.24) is 0 Å². The van der Waals surface area contributed by atoms with Crippen LogP contribution < -0.4 is 4.74 Å². The van der Waals surface area contributed by atoms with Crippen molar-refractivity contribution >= 4 is 72.3 Å². The zero-order chi connectivity index (χ0) is 21.9. The van der Waals surface area contributed by atoms with Gasteiger partial charge in [-0.2, -0.15) is 0 Å². The second kappa shape index (κ2) is 8.02. The maximum absolute atomic E-state index is 13.2. The first-order chi connectivity index (χ1) is 13.2. The van der Waals surface area contributed by atoms with Gasteiger partial charge < -0.3 is 9.16 Å². The lowest BCUT2D eigenvalue weighted by Crippen LogP contribution is -2.63. The number of fused-ring (bicyclic) bond motifs is 1. The van der Waals surface area contributed by atoms with Gasteiger partial charge in [0, 0.05) is 0 Å². The third kappa shape index (κ3) is 3.97. The fourth-order valence-electron chi connectivity index (χ4n) is 4.15. The van der Waals surface area contributed by atoms with Gasteiger partial charge in [0.2, 0.25) is 0 Å². The predicted octanol–water partition coefficient (Wildman–Crippen LogP) is 8.44. The molecule has 0 bridgehead atoms. The lowest BCUT2D eigenvalue weighted by molar-refractivity contribution is -0.171. The molecule has 2 aliphatic rings. The summed E-state index contributed by atoms with van der Waals surface area (Å²) in [5.41, 5.74) is -0.473. The predicted molar refractivity (Wildman–Crippen MR) is 124 cm³/mol. The molecule has 0 saturated heterocycles. The van der Waals surface area contributed by atoms with Crippen molar-refractivity contribution in [2.24, 2.45) is 11.8 Å². The van der Waals surface area contributed by atoms with Crippen molar-refractivity contribution in [3.8, 4) is 5.75 Å². The molecule has 0 N–H and O–H groups in total. The Bertz CT molecular complexity index is 822. The van der Waals surface area contributed by atoms with Crippen LogP contribution >= 0.6 is 58.0 Å². The molecule has 3 nitrogen and oxygen atoms in total. The lowest BCUT2D eigenvalue weighted by Gasteiger charge is -2.56. The van der Waals surface area contributed by atoms with Gasteiger partial charge in [-0.3, -0.25) is 4.79 Å². The molecule has 1 aromatic carbocycles. The number of carbonyl (C=O) groups is 1. The summed E-state index contributed by atoms with van der Waals surface area (Å²) in [6.07, 6.45) is 3.70. The van der Waals surface area contributed by atoms with Crippen molar-refractivity contribution in [1.29, 1.82) is 0 Å². The Kier molecular flexibility index (Phi) is 6.63. The highest BCUT2D eigenvalue weighted by molar-refractivity contribution is 6.74. The van der Waals surface area contributed by atoms with E-state index in [1.807, 2.05) is 0 Å². The van der Waals surface area contributed by atoms with Crippen molar-refractivity contribution in [2.45, 2.75) is 70.2 Å². The molecule has 0 heterocycles. The van der Waals surface area contributed by atoms with Gasteiger partial charge in [0.05, 0.1) is 26.6 Å². The smallest absolute Gasteiger partial charge is 0.317 e. The molecule has 3 atom stereocenters. The molecule has 0 radical (unpaired) electrons. The average Bonchev–Trinajstić information content (AvgIpc) is 2.90. The SMILES string of the molecule is CC(C)(C)[Si](C)(C)O[C@]12CCC[C@H]1C[C@H]2C(=O)Oc1c(Cl)c(Cl)c(Cl)c(Cl)c1Cl. The number of esters is 1. The summed E-state index contributed by atoms with van der Waals surface area (Å²) in [6.45, 7) is 11.0. The van der Waals surface area contributed by atoms with E-state index >= 15 is 0 Å². The topological polar surface area (TPSA) is 35.5 Å². The highest BCUT2D eigenvalue weighted by Crippen LogP contribution is 2.60. The number of hydrogen-bond donors (Lipinski definition) is 0. The largest absolute Gasteiger partial charge is 0.423 e. The summed E-state index contributed by atoms with van der Waals surface area (Å²) >= 11 is 30.7. The van der Waals surface area contributed by atoms with Crippen LogP contribution in [0.3, 0.4) is 0 Å². The van der Waals surface area contributed by atoms with Crippen LogP contribution in [0.5, 0.6) is 5.75 Å². The number of ether oxygens (including phenoxy) is 1. The Balaban J connectivity index is 1.89. The van der Waals surface area contributed by atoms with Gasteiger partial charge >= 0.3 is 5.97 Å². The van der Waals surface area contributed by atoms with Gasteiger partial charge in [0.25, 0.3) is 0 Å². The summed E-state index contributed by atoms with van der Waals surface area (Å²) in [6, 6.07) is 0. The van der Waals surface area contributed by atoms with Gasteiger partial charge in [0.15, 0.2) is 14.1 Å². The number of hydrogen-bond acceptors (Lipinski definition) is 3. The lowest BCUT2D eigenvalue weighted by atomic mass is 9.63. The summed E-state index contributed by atoms with van der Waals surface area (Å²) in [5.74, 6) is -0.469. The molecule has 0 unspecified atom stereocenters. The number of benzene rings is 1. The molecule has 0 spiro atoms. The number of carbonyl (C=O) groups excluding carboxylic acids is 1. The second-order valence-electron chi connectivity index (χ2n) is 9.51. The molecule has 0 aliphatic heterocycles. The maximum Gasteiger partial charge on any atom is 0.317 e. The monoisotopic (exact) mass is 516 g/mol. The molecule has 2 fully saturated rings. The Hall–Kier alpha value is 0.317. The minimum Gasteiger partial charge on any atom is -0.423 e. The molecule has 29 heavy (non-hydrogen) atoms. The maximum atomic E-state index is 13.2. The summed E-state index contributed by atoms with van der Waals surface area (Å²) in [7, 11) is -2.08. The normalized spacial score (nSPS) is 26.8. The second-order valence-corrected chi connectivity index (χ2v) is 16.1. The molecule has 9 heteroatoms. The van der Waals surface area contributed by atoms with E-state index in [1.54, 1.807) is 0 Å². The summed E-state index contributed by atoms with van der Waals surface area (Å²) in [4.78, 5) is 13.2. The molecule has 2 saturated carbocycles. The van der Waals surface area contributed by atoms with E-state index in [0.717, 1.165) is 25.7 Å². The zero-order valence-electron chi connectivity index (χ0n) is 17.1. The Morgan fingerprint density at radius 1 is 1.00 bits per heavy atom. The highest BCUT2D eigenvalue weighted by Gasteiger charge is 2.64. The summed E-state index contributed by atoms with van der Waals surface area (Å²) in [5, 5.41) is 0.0285. The van der Waals surface area contributed by atoms with Crippen LogP contribution in [0.15, 0.2) is 0 Å². The minimum atomic E-state index is -2.08. The van der Waals surface area contributed by atoms with Crippen molar-refractivity contribution in [3.63, 3.8) is 0 Å². The first kappa shape index (κ1) is 24.0. The Morgan fingerprint density at radius 2 is 1.52 bits per heavy atom. The Labute approximate surface area is 198 Å². The minimum absolute atomic E-state index is 0.00474. The molecule has 0 aromatic heterocycles. The zero-order valence-corrected chi connectivity index (χ0v) is 21.9. The molecular formula is C20H25Cl5O3Si. The van der Waals surface area contributed by atoms with Crippen LogP contribution in [0.25, 0.3) is 0 Å². The molecule has 1 aromatic rings. The first-order valence-corrected chi connectivity index (χ1v) is 14.5. The fourth-order valence-corrected chi connectivity index (χ4v) is 7.01. The van der Waals surface area contributed by atoms with E-state index in [1.165, 1.54) is 0 Å². The first-order valence-electron chi connectivity index (χ1n) is 9.66. The standard InChI is InChI=1S/C20H25Cl5O3Si/c1-19(2,3)29(4,5)28-20-8-6-7-10(20)9-11(20)18(26)27-17-15(24)13(22)12(21)14(23)16(17)25/h10-11H,6-9H2,1-5H3/t10-,11-,20+/m0/s1. The van der Waals surface area contributed by atoms with Crippen LogP contribution in [0.1, 0.15) is 46.5 Å². The van der Waals surface area contributed by atoms with Crippen LogP contribution in [-0.2, 0) is 9.22 Å². The molecular weight excluding hydrogens is 494 g/mol. The van der Waals surface area contributed by atoms with Crippen LogP contribution in [0.4, 0.5) is 0 Å². The van der Waals surface area contributed by atoms with E-state index in [0.29, 0.717) is 5.92 Å². The van der Waals surface area contributed by atoms with Gasteiger partial charge in [-0.25, -0.2) is 0 Å². The van der Waals surface area contributed by atoms with E-state index in [-0.39, 0.29) is 41.8 Å². The van der Waals surface area contributed by atoms with Crippen molar-refractivity contribution in [3.05, 3.63) is 25.1 Å². The third-order valence-corrected chi connectivity index (χ3v) is 13.6. The van der Waals surface area contributed by atoms with Crippen molar-refractivity contribution < 1.29 is 14.0 Å². The molecule has 0 amide bonds. The van der Waals surface area contributed by atoms with Gasteiger partial charge in [0.1, 0.15) is 10.0 Å². The highest BCUT2D eigenvalue weighted by atomic mass is 35.5. The molecule has 3 rings (SSSR count). The molecule has 162 valence electrons. The number of halogens is 5. The van der Waals surface area contributed by atoms with Crippen molar-refractivity contribution in [2.75, 3.05) is 0 Å². The van der Waals surface area contributed by atoms with Gasteiger partial charge in [-0.15, -0.1) is 0 Å². The molecule has 2 aliphatic carbocycles. The quantitative estimate of drug-likeness (QED) is 0.132. The fraction of sp³-hybridized carbons (Fsp3) is 0.650. The van der Waals surface area contributed by atoms with Crippen LogP contribution in [0.2, 0.25) is 43.2 Å².